The molecule has 1 N–H and O–H groups in total. The molecule has 1 saturated heterocycles. The van der Waals surface area contributed by atoms with Crippen LogP contribution in [0.2, 0.25) is 0 Å². The number of benzene rings is 1. The third-order valence-corrected chi connectivity index (χ3v) is 2.97. The molecular formula is C14H16N2O2. The molecule has 1 aliphatic heterocycles. The monoisotopic (exact) mass is 244 g/mol. The number of nitriles is 1. The van der Waals surface area contributed by atoms with Gasteiger partial charge in [-0.3, -0.25) is 4.79 Å². The molecule has 0 aromatic heterocycles. The van der Waals surface area contributed by atoms with Gasteiger partial charge in [0.25, 0.3) is 5.91 Å². The number of carbonyl (C=O) groups is 1. The van der Waals surface area contributed by atoms with Crippen molar-refractivity contribution in [1.29, 1.82) is 5.26 Å². The summed E-state index contributed by atoms with van der Waals surface area (Å²) >= 11 is 0. The van der Waals surface area contributed by atoms with Crippen molar-refractivity contribution in [2.45, 2.75) is 31.8 Å². The Morgan fingerprint density at radius 1 is 1.33 bits per heavy atom. The van der Waals surface area contributed by atoms with Crippen LogP contribution in [0.3, 0.4) is 0 Å². The molecule has 4 nitrogen and oxygen atoms in total. The highest BCUT2D eigenvalue weighted by atomic mass is 16.5. The fourth-order valence-electron chi connectivity index (χ4n) is 1.97. The smallest absolute Gasteiger partial charge is 0.261 e. The van der Waals surface area contributed by atoms with E-state index in [0.717, 1.165) is 31.4 Å². The molecule has 1 heterocycles. The highest BCUT2D eigenvalue weighted by Gasteiger charge is 2.22. The third kappa shape index (κ3) is 3.24. The molecule has 18 heavy (non-hydrogen) atoms. The van der Waals surface area contributed by atoms with Crippen molar-refractivity contribution in [3.05, 3.63) is 29.8 Å². The van der Waals surface area contributed by atoms with Gasteiger partial charge in [-0.1, -0.05) is 12.1 Å². The van der Waals surface area contributed by atoms with Crippen molar-refractivity contribution in [2.75, 3.05) is 6.54 Å². The van der Waals surface area contributed by atoms with Crippen molar-refractivity contribution < 1.29 is 9.53 Å². The summed E-state index contributed by atoms with van der Waals surface area (Å²) in [7, 11) is 0. The van der Waals surface area contributed by atoms with Crippen LogP contribution in [0.1, 0.15) is 24.8 Å². The number of hydrogen-bond donors (Lipinski definition) is 1. The Labute approximate surface area is 107 Å². The minimum atomic E-state index is -0.394. The molecule has 1 fully saturated rings. The molecular weight excluding hydrogens is 228 g/mol. The largest absolute Gasteiger partial charge is 0.481 e. The highest BCUT2D eigenvalue weighted by Crippen LogP contribution is 2.17. The molecule has 0 radical (unpaired) electrons. The third-order valence-electron chi connectivity index (χ3n) is 2.97. The van der Waals surface area contributed by atoms with Gasteiger partial charge in [-0.15, -0.1) is 0 Å². The lowest BCUT2D eigenvalue weighted by Crippen LogP contribution is -2.36. The lowest BCUT2D eigenvalue weighted by molar-refractivity contribution is -0.127. The molecule has 1 aromatic rings. The Balaban J connectivity index is 1.99. The van der Waals surface area contributed by atoms with Crippen LogP contribution < -0.4 is 10.1 Å². The fraction of sp³-hybridized carbons (Fsp3) is 0.429. The van der Waals surface area contributed by atoms with Crippen molar-refractivity contribution in [2.24, 2.45) is 0 Å². The van der Waals surface area contributed by atoms with Crippen molar-refractivity contribution >= 4 is 5.91 Å². The van der Waals surface area contributed by atoms with E-state index < -0.39 is 6.10 Å². The number of ether oxygens (including phenoxy) is 1. The zero-order valence-electron chi connectivity index (χ0n) is 10.2. The first-order valence-electron chi connectivity index (χ1n) is 6.20. The van der Waals surface area contributed by atoms with Crippen LogP contribution in [0, 0.1) is 11.3 Å². The highest BCUT2D eigenvalue weighted by molar-refractivity contribution is 5.81. The number of nitrogens with one attached hydrogen (secondary N) is 1. The van der Waals surface area contributed by atoms with E-state index in [1.54, 1.807) is 0 Å². The van der Waals surface area contributed by atoms with Gasteiger partial charge in [0.15, 0.2) is 6.10 Å². The Morgan fingerprint density at radius 2 is 2.11 bits per heavy atom. The molecule has 0 saturated carbocycles. The molecule has 1 atom stereocenters. The van der Waals surface area contributed by atoms with Gasteiger partial charge in [0.05, 0.1) is 12.5 Å². The minimum absolute atomic E-state index is 0.0337. The predicted molar refractivity (Wildman–Crippen MR) is 67.0 cm³/mol. The summed E-state index contributed by atoms with van der Waals surface area (Å²) in [6, 6.07) is 9.42. The first kappa shape index (κ1) is 12.4. The Hall–Kier alpha value is -2.02. The molecule has 94 valence electrons. The second-order valence-electron chi connectivity index (χ2n) is 4.37. The number of hydrogen-bond acceptors (Lipinski definition) is 3. The summed E-state index contributed by atoms with van der Waals surface area (Å²) < 4.78 is 5.69. The SMILES string of the molecule is N#CCc1ccc(OC2CCCCNC2=O)cc1. The Kier molecular flexibility index (Phi) is 4.19. The van der Waals surface area contributed by atoms with Crippen LogP contribution in [0.5, 0.6) is 5.75 Å². The van der Waals surface area contributed by atoms with Gasteiger partial charge in [-0.25, -0.2) is 0 Å². The zero-order valence-corrected chi connectivity index (χ0v) is 10.2. The van der Waals surface area contributed by atoms with Crippen LogP contribution in [-0.2, 0) is 11.2 Å². The van der Waals surface area contributed by atoms with Crippen LogP contribution in [-0.4, -0.2) is 18.6 Å². The maximum Gasteiger partial charge on any atom is 0.261 e. The number of amides is 1. The van der Waals surface area contributed by atoms with E-state index >= 15 is 0 Å². The van der Waals surface area contributed by atoms with Gasteiger partial charge in [0.2, 0.25) is 0 Å². The van der Waals surface area contributed by atoms with Crippen LogP contribution in [0.15, 0.2) is 24.3 Å². The minimum Gasteiger partial charge on any atom is -0.481 e. The molecule has 1 aliphatic rings. The van der Waals surface area contributed by atoms with Gasteiger partial charge in [-0.05, 0) is 37.0 Å². The van der Waals surface area contributed by atoms with Crippen LogP contribution in [0.4, 0.5) is 0 Å². The summed E-state index contributed by atoms with van der Waals surface area (Å²) in [5, 5.41) is 11.4. The lowest BCUT2D eigenvalue weighted by atomic mass is 10.1. The van der Waals surface area contributed by atoms with Gasteiger partial charge in [-0.2, -0.15) is 5.26 Å². The molecule has 1 unspecified atom stereocenters. The second-order valence-corrected chi connectivity index (χ2v) is 4.37. The maximum atomic E-state index is 11.7. The van der Waals surface area contributed by atoms with E-state index in [1.807, 2.05) is 24.3 Å². The first-order valence-corrected chi connectivity index (χ1v) is 6.20. The van der Waals surface area contributed by atoms with Crippen molar-refractivity contribution in [1.82, 2.24) is 5.32 Å². The van der Waals surface area contributed by atoms with E-state index in [-0.39, 0.29) is 5.91 Å². The van der Waals surface area contributed by atoms with E-state index in [9.17, 15) is 4.79 Å². The van der Waals surface area contributed by atoms with E-state index in [0.29, 0.717) is 12.2 Å². The van der Waals surface area contributed by atoms with Crippen molar-refractivity contribution in [3.63, 3.8) is 0 Å². The molecule has 1 aromatic carbocycles. The van der Waals surface area contributed by atoms with Crippen molar-refractivity contribution in [3.8, 4) is 11.8 Å². The molecule has 0 bridgehead atoms. The van der Waals surface area contributed by atoms with Gasteiger partial charge in [0.1, 0.15) is 5.75 Å². The molecule has 2 rings (SSSR count). The standard InChI is InChI=1S/C14H16N2O2/c15-9-8-11-4-6-12(7-5-11)18-13-3-1-2-10-16-14(13)17/h4-7,13H,1-3,8,10H2,(H,16,17). The first-order chi connectivity index (χ1) is 8.79. The summed E-state index contributed by atoms with van der Waals surface area (Å²) in [5.41, 5.74) is 0.954. The number of rotatable bonds is 3. The summed E-state index contributed by atoms with van der Waals surface area (Å²) in [5.74, 6) is 0.646. The average Bonchev–Trinajstić information content (AvgIpc) is 2.58. The van der Waals surface area contributed by atoms with Gasteiger partial charge in [0, 0.05) is 6.54 Å². The van der Waals surface area contributed by atoms with Gasteiger partial charge < -0.3 is 10.1 Å². The predicted octanol–water partition coefficient (Wildman–Crippen LogP) is 1.80. The quantitative estimate of drug-likeness (QED) is 0.881. The van der Waals surface area contributed by atoms with Gasteiger partial charge >= 0.3 is 0 Å². The maximum absolute atomic E-state index is 11.7. The lowest BCUT2D eigenvalue weighted by Gasteiger charge is -2.15. The van der Waals surface area contributed by atoms with E-state index in [4.69, 9.17) is 10.00 Å². The zero-order chi connectivity index (χ0) is 12.8. The Bertz CT molecular complexity index is 448. The van der Waals surface area contributed by atoms with E-state index in [1.165, 1.54) is 0 Å². The van der Waals surface area contributed by atoms with E-state index in [2.05, 4.69) is 11.4 Å². The van der Waals surface area contributed by atoms with Crippen LogP contribution in [0.25, 0.3) is 0 Å². The topological polar surface area (TPSA) is 62.1 Å². The molecule has 1 amide bonds. The molecule has 0 aliphatic carbocycles. The Morgan fingerprint density at radius 3 is 2.83 bits per heavy atom. The average molecular weight is 244 g/mol. The summed E-state index contributed by atoms with van der Waals surface area (Å²) in [4.78, 5) is 11.7. The second kappa shape index (κ2) is 6.06. The summed E-state index contributed by atoms with van der Waals surface area (Å²) in [6.45, 7) is 0.736. The fourth-order valence-corrected chi connectivity index (χ4v) is 1.97. The number of nitrogens with zero attached hydrogens (tertiary/aromatic N) is 1. The summed E-state index contributed by atoms with van der Waals surface area (Å²) in [6.07, 6.45) is 2.76. The molecule has 4 heteroatoms. The van der Waals surface area contributed by atoms with Crippen LogP contribution >= 0.6 is 0 Å². The molecule has 0 spiro atoms. The normalized spacial score (nSPS) is 19.5. The number of carbonyl (C=O) groups excluding carboxylic acids is 1.